The van der Waals surface area contributed by atoms with Crippen LogP contribution in [0, 0.1) is 11.8 Å². The van der Waals surface area contributed by atoms with Gasteiger partial charge in [-0.15, -0.1) is 12.4 Å². The van der Waals surface area contributed by atoms with Gasteiger partial charge in [-0.2, -0.15) is 0 Å². The molecule has 0 aromatic carbocycles. The average molecular weight is 178 g/mol. The van der Waals surface area contributed by atoms with Crippen molar-refractivity contribution < 1.29 is 0 Å². The third kappa shape index (κ3) is 3.00. The molecule has 2 heteroatoms. The molecule has 0 aromatic rings. The summed E-state index contributed by atoms with van der Waals surface area (Å²) in [6, 6.07) is 0. The summed E-state index contributed by atoms with van der Waals surface area (Å²) in [5.41, 5.74) is 0. The lowest BCUT2D eigenvalue weighted by Crippen LogP contribution is -2.16. The molecule has 0 saturated carbocycles. The van der Waals surface area contributed by atoms with Crippen LogP contribution in [0.25, 0.3) is 0 Å². The van der Waals surface area contributed by atoms with Crippen LogP contribution in [0.4, 0.5) is 0 Å². The molecular weight excluding hydrogens is 158 g/mol. The molecule has 1 unspecified atom stereocenters. The first-order valence-electron chi connectivity index (χ1n) is 4.59. The molecule has 1 fully saturated rings. The molecule has 1 N–H and O–H groups in total. The van der Waals surface area contributed by atoms with E-state index in [0.29, 0.717) is 0 Å². The fourth-order valence-corrected chi connectivity index (χ4v) is 2.03. The van der Waals surface area contributed by atoms with E-state index < -0.39 is 0 Å². The first kappa shape index (κ1) is 11.2. The fourth-order valence-electron chi connectivity index (χ4n) is 2.03. The van der Waals surface area contributed by atoms with Gasteiger partial charge in [0.25, 0.3) is 0 Å². The normalized spacial score (nSPS) is 23.7. The van der Waals surface area contributed by atoms with E-state index in [9.17, 15) is 0 Å². The second-order valence-electron chi connectivity index (χ2n) is 3.33. The largest absolute Gasteiger partial charge is 0.316 e. The SMILES string of the molecule is CCC(CC)C1CCNC1.Cl. The smallest absolute Gasteiger partial charge is 0.00174 e. The Morgan fingerprint density at radius 1 is 1.36 bits per heavy atom. The van der Waals surface area contributed by atoms with Gasteiger partial charge in [0, 0.05) is 0 Å². The molecule has 1 saturated heterocycles. The van der Waals surface area contributed by atoms with Gasteiger partial charge in [0.1, 0.15) is 0 Å². The third-order valence-electron chi connectivity index (χ3n) is 2.81. The summed E-state index contributed by atoms with van der Waals surface area (Å²) in [6.07, 6.45) is 4.14. The molecule has 1 rings (SSSR count). The van der Waals surface area contributed by atoms with Crippen molar-refractivity contribution in [2.75, 3.05) is 13.1 Å². The molecule has 0 aromatic heterocycles. The van der Waals surface area contributed by atoms with E-state index in [1.54, 1.807) is 0 Å². The third-order valence-corrected chi connectivity index (χ3v) is 2.81. The van der Waals surface area contributed by atoms with Crippen molar-refractivity contribution in [2.45, 2.75) is 33.1 Å². The van der Waals surface area contributed by atoms with Crippen LogP contribution in [-0.4, -0.2) is 13.1 Å². The number of rotatable bonds is 3. The monoisotopic (exact) mass is 177 g/mol. The highest BCUT2D eigenvalue weighted by Gasteiger charge is 2.21. The molecule has 11 heavy (non-hydrogen) atoms. The molecule has 0 aliphatic carbocycles. The Bertz CT molecular complexity index is 85.6. The van der Waals surface area contributed by atoms with Gasteiger partial charge in [0.05, 0.1) is 0 Å². The van der Waals surface area contributed by atoms with Crippen LogP contribution < -0.4 is 5.32 Å². The van der Waals surface area contributed by atoms with Gasteiger partial charge in [0.2, 0.25) is 0 Å². The van der Waals surface area contributed by atoms with E-state index in [4.69, 9.17) is 0 Å². The molecule has 0 amide bonds. The van der Waals surface area contributed by atoms with Crippen molar-refractivity contribution in [3.05, 3.63) is 0 Å². The van der Waals surface area contributed by atoms with E-state index in [-0.39, 0.29) is 12.4 Å². The predicted octanol–water partition coefficient (Wildman–Crippen LogP) is 2.45. The molecule has 0 spiro atoms. The van der Waals surface area contributed by atoms with E-state index in [1.807, 2.05) is 0 Å². The number of hydrogen-bond acceptors (Lipinski definition) is 1. The highest BCUT2D eigenvalue weighted by atomic mass is 35.5. The van der Waals surface area contributed by atoms with Crippen molar-refractivity contribution in [1.82, 2.24) is 5.32 Å². The summed E-state index contributed by atoms with van der Waals surface area (Å²) >= 11 is 0. The number of halogens is 1. The van der Waals surface area contributed by atoms with Crippen LogP contribution in [-0.2, 0) is 0 Å². The van der Waals surface area contributed by atoms with Gasteiger partial charge in [0.15, 0.2) is 0 Å². The van der Waals surface area contributed by atoms with Crippen LogP contribution in [0.5, 0.6) is 0 Å². The van der Waals surface area contributed by atoms with E-state index in [2.05, 4.69) is 19.2 Å². The molecule has 1 aliphatic rings. The predicted molar refractivity (Wildman–Crippen MR) is 52.3 cm³/mol. The minimum atomic E-state index is 0. The minimum Gasteiger partial charge on any atom is -0.316 e. The summed E-state index contributed by atoms with van der Waals surface area (Å²) < 4.78 is 0. The number of nitrogens with one attached hydrogen (secondary N) is 1. The standard InChI is InChI=1S/C9H19N.ClH/c1-3-8(4-2)9-5-6-10-7-9;/h8-10H,3-7H2,1-2H3;1H. The number of hydrogen-bond donors (Lipinski definition) is 1. The Hall–Kier alpha value is 0.250. The second kappa shape index (κ2) is 5.84. The zero-order chi connectivity index (χ0) is 7.40. The van der Waals surface area contributed by atoms with Crippen molar-refractivity contribution >= 4 is 12.4 Å². The Kier molecular flexibility index (Phi) is 5.98. The lowest BCUT2D eigenvalue weighted by Gasteiger charge is -2.18. The second-order valence-corrected chi connectivity index (χ2v) is 3.33. The molecule has 0 bridgehead atoms. The van der Waals surface area contributed by atoms with Gasteiger partial charge in [-0.25, -0.2) is 0 Å². The summed E-state index contributed by atoms with van der Waals surface area (Å²) in [4.78, 5) is 0. The van der Waals surface area contributed by atoms with Crippen LogP contribution in [0.15, 0.2) is 0 Å². The summed E-state index contributed by atoms with van der Waals surface area (Å²) in [5, 5.41) is 3.42. The Balaban J connectivity index is 0.000001000. The van der Waals surface area contributed by atoms with Crippen molar-refractivity contribution in [2.24, 2.45) is 11.8 Å². The molecule has 1 heterocycles. The maximum atomic E-state index is 3.42. The van der Waals surface area contributed by atoms with Gasteiger partial charge in [-0.3, -0.25) is 0 Å². The molecular formula is C9H20ClN. The van der Waals surface area contributed by atoms with E-state index in [0.717, 1.165) is 11.8 Å². The van der Waals surface area contributed by atoms with Crippen molar-refractivity contribution in [3.63, 3.8) is 0 Å². The minimum absolute atomic E-state index is 0. The van der Waals surface area contributed by atoms with Gasteiger partial charge in [-0.1, -0.05) is 26.7 Å². The molecule has 1 nitrogen and oxygen atoms in total. The highest BCUT2D eigenvalue weighted by molar-refractivity contribution is 5.85. The van der Waals surface area contributed by atoms with Gasteiger partial charge < -0.3 is 5.32 Å². The molecule has 0 radical (unpaired) electrons. The fraction of sp³-hybridized carbons (Fsp3) is 1.00. The van der Waals surface area contributed by atoms with Crippen LogP contribution in [0.1, 0.15) is 33.1 Å². The highest BCUT2D eigenvalue weighted by Crippen LogP contribution is 2.24. The van der Waals surface area contributed by atoms with Crippen molar-refractivity contribution in [1.29, 1.82) is 0 Å². The van der Waals surface area contributed by atoms with E-state index >= 15 is 0 Å². The summed E-state index contributed by atoms with van der Waals surface area (Å²) in [7, 11) is 0. The molecule has 1 atom stereocenters. The van der Waals surface area contributed by atoms with Gasteiger partial charge in [-0.05, 0) is 31.3 Å². The zero-order valence-corrected chi connectivity index (χ0v) is 8.41. The van der Waals surface area contributed by atoms with Crippen molar-refractivity contribution in [3.8, 4) is 0 Å². The molecule has 1 aliphatic heterocycles. The first-order valence-corrected chi connectivity index (χ1v) is 4.59. The summed E-state index contributed by atoms with van der Waals surface area (Å²) in [6.45, 7) is 7.15. The van der Waals surface area contributed by atoms with Crippen LogP contribution >= 0.6 is 12.4 Å². The van der Waals surface area contributed by atoms with Crippen LogP contribution in [0.2, 0.25) is 0 Å². The topological polar surface area (TPSA) is 12.0 Å². The maximum Gasteiger partial charge on any atom is -0.00174 e. The van der Waals surface area contributed by atoms with Crippen LogP contribution in [0.3, 0.4) is 0 Å². The Morgan fingerprint density at radius 3 is 2.36 bits per heavy atom. The maximum absolute atomic E-state index is 3.42. The molecule has 68 valence electrons. The quantitative estimate of drug-likeness (QED) is 0.699. The lowest BCUT2D eigenvalue weighted by atomic mass is 9.87. The lowest BCUT2D eigenvalue weighted by molar-refractivity contribution is 0.336. The Morgan fingerprint density at radius 2 is 2.00 bits per heavy atom. The van der Waals surface area contributed by atoms with Gasteiger partial charge >= 0.3 is 0 Å². The van der Waals surface area contributed by atoms with E-state index in [1.165, 1.54) is 32.4 Å². The summed E-state index contributed by atoms with van der Waals surface area (Å²) in [5.74, 6) is 1.96. The average Bonchev–Trinajstić information content (AvgIpc) is 2.43. The first-order chi connectivity index (χ1) is 4.88. The Labute approximate surface area is 76.4 Å². The zero-order valence-electron chi connectivity index (χ0n) is 7.60.